The van der Waals surface area contributed by atoms with Crippen molar-refractivity contribution in [2.75, 3.05) is 0 Å². The lowest BCUT2D eigenvalue weighted by molar-refractivity contribution is -0.141. The Labute approximate surface area is 174 Å². The van der Waals surface area contributed by atoms with Crippen LogP contribution in [0.3, 0.4) is 0 Å². The Kier molecular flexibility index (Phi) is 4.58. The van der Waals surface area contributed by atoms with E-state index in [0.29, 0.717) is 29.0 Å². The molecule has 4 heteroatoms. The van der Waals surface area contributed by atoms with Gasteiger partial charge in [-0.05, 0) is 105 Å². The van der Waals surface area contributed by atoms with E-state index in [1.54, 1.807) is 0 Å². The van der Waals surface area contributed by atoms with Crippen LogP contribution in [0.4, 0.5) is 0 Å². The molecule has 0 bridgehead atoms. The zero-order chi connectivity index (χ0) is 20.4. The summed E-state index contributed by atoms with van der Waals surface area (Å²) in [4.78, 5) is 13.5. The topological polar surface area (TPSA) is 55.1 Å². The Bertz CT molecular complexity index is 842. The second kappa shape index (κ2) is 6.80. The monoisotopic (exact) mass is 396 g/mol. The van der Waals surface area contributed by atoms with Crippen LogP contribution >= 0.6 is 0 Å². The summed E-state index contributed by atoms with van der Waals surface area (Å²) in [5, 5.41) is 14.6. The zero-order valence-corrected chi connectivity index (χ0v) is 18.2. The van der Waals surface area contributed by atoms with Crippen molar-refractivity contribution in [3.8, 4) is 0 Å². The minimum atomic E-state index is -0.179. The molecule has 29 heavy (non-hydrogen) atoms. The lowest BCUT2D eigenvalue weighted by Gasteiger charge is -2.59. The van der Waals surface area contributed by atoms with Crippen LogP contribution in [0.5, 0.6) is 0 Å². The Morgan fingerprint density at radius 2 is 2.03 bits per heavy atom. The molecule has 4 saturated carbocycles. The van der Waals surface area contributed by atoms with Gasteiger partial charge in [0.1, 0.15) is 0 Å². The van der Waals surface area contributed by atoms with Gasteiger partial charge in [-0.3, -0.25) is 9.48 Å². The molecule has 4 fully saturated rings. The van der Waals surface area contributed by atoms with Crippen molar-refractivity contribution < 1.29 is 9.90 Å². The highest BCUT2D eigenvalue weighted by Gasteiger charge is 2.61. The fourth-order valence-corrected chi connectivity index (χ4v) is 7.94. The maximum absolute atomic E-state index is 13.5. The van der Waals surface area contributed by atoms with Gasteiger partial charge in [0.25, 0.3) is 0 Å². The second-order valence-electron chi connectivity index (χ2n) is 10.8. The van der Waals surface area contributed by atoms with Crippen LogP contribution in [0.1, 0.15) is 77.8 Å². The molecule has 4 nitrogen and oxygen atoms in total. The number of ketones is 1. The lowest BCUT2D eigenvalue weighted by atomic mass is 9.45. The van der Waals surface area contributed by atoms with E-state index in [-0.39, 0.29) is 11.5 Å². The van der Waals surface area contributed by atoms with Crippen LogP contribution < -0.4 is 0 Å². The van der Waals surface area contributed by atoms with Crippen molar-refractivity contribution in [2.45, 2.75) is 84.8 Å². The van der Waals surface area contributed by atoms with Crippen LogP contribution in [0.25, 0.3) is 6.08 Å². The molecule has 7 atom stereocenters. The maximum atomic E-state index is 13.5. The van der Waals surface area contributed by atoms with Gasteiger partial charge in [0.2, 0.25) is 0 Å². The number of fused-ring (bicyclic) bond motifs is 5. The summed E-state index contributed by atoms with van der Waals surface area (Å²) in [7, 11) is 0. The van der Waals surface area contributed by atoms with Crippen LogP contribution in [0.15, 0.2) is 17.8 Å². The van der Waals surface area contributed by atoms with Gasteiger partial charge in [-0.2, -0.15) is 5.10 Å². The van der Waals surface area contributed by atoms with Gasteiger partial charge in [0.15, 0.2) is 5.78 Å². The fourth-order valence-electron chi connectivity index (χ4n) is 7.94. The van der Waals surface area contributed by atoms with Gasteiger partial charge >= 0.3 is 0 Å². The predicted molar refractivity (Wildman–Crippen MR) is 114 cm³/mol. The van der Waals surface area contributed by atoms with E-state index in [4.69, 9.17) is 0 Å². The average molecular weight is 397 g/mol. The molecule has 5 rings (SSSR count). The molecule has 0 saturated heterocycles. The first kappa shape index (κ1) is 19.5. The van der Waals surface area contributed by atoms with Crippen LogP contribution in [-0.2, 0) is 11.3 Å². The number of aryl methyl sites for hydroxylation is 1. The molecule has 1 N–H and O–H groups in total. The highest BCUT2D eigenvalue weighted by Crippen LogP contribution is 2.66. The van der Waals surface area contributed by atoms with Crippen LogP contribution in [0.2, 0.25) is 0 Å². The smallest absolute Gasteiger partial charge is 0.165 e. The third kappa shape index (κ3) is 2.81. The maximum Gasteiger partial charge on any atom is 0.165 e. The van der Waals surface area contributed by atoms with Crippen molar-refractivity contribution in [1.29, 1.82) is 0 Å². The largest absolute Gasteiger partial charge is 0.393 e. The number of nitrogens with zero attached hydrogens (tertiary/aromatic N) is 2. The number of rotatable bonds is 2. The number of allylic oxidation sites excluding steroid dienone is 1. The van der Waals surface area contributed by atoms with E-state index in [1.807, 2.05) is 16.9 Å². The summed E-state index contributed by atoms with van der Waals surface area (Å²) in [6, 6.07) is 2.02. The van der Waals surface area contributed by atoms with E-state index in [1.165, 1.54) is 19.3 Å². The third-order valence-electron chi connectivity index (χ3n) is 9.65. The van der Waals surface area contributed by atoms with E-state index < -0.39 is 0 Å². The molecular formula is C25H36N2O2. The number of hydrogen-bond acceptors (Lipinski definition) is 3. The van der Waals surface area contributed by atoms with Crippen LogP contribution in [-0.4, -0.2) is 26.8 Å². The second-order valence-corrected chi connectivity index (χ2v) is 10.8. The average Bonchev–Trinajstić information content (AvgIpc) is 3.25. The minimum absolute atomic E-state index is 0.0931. The first-order valence-corrected chi connectivity index (χ1v) is 11.8. The highest BCUT2D eigenvalue weighted by molar-refractivity contribution is 6.05. The predicted octanol–water partition coefficient (Wildman–Crippen LogP) is 4.87. The molecule has 0 aliphatic heterocycles. The lowest BCUT2D eigenvalue weighted by Crippen LogP contribution is -2.54. The first-order valence-electron chi connectivity index (χ1n) is 11.8. The Balaban J connectivity index is 1.45. The number of carbonyl (C=O) groups excluding carboxylic acids is 1. The molecule has 1 aromatic heterocycles. The van der Waals surface area contributed by atoms with Crippen molar-refractivity contribution in [1.82, 2.24) is 9.78 Å². The van der Waals surface area contributed by atoms with Gasteiger partial charge in [0.05, 0.1) is 11.8 Å². The summed E-state index contributed by atoms with van der Waals surface area (Å²) in [6.07, 6.45) is 12.6. The number of aromatic nitrogens is 2. The normalized spacial score (nSPS) is 45.7. The van der Waals surface area contributed by atoms with Gasteiger partial charge in [-0.25, -0.2) is 0 Å². The molecule has 0 amide bonds. The van der Waals surface area contributed by atoms with E-state index in [2.05, 4.69) is 31.9 Å². The molecule has 0 spiro atoms. The Morgan fingerprint density at radius 1 is 1.21 bits per heavy atom. The standard InChI is InChI=1S/C25H36N2O2/c1-4-27-18(9-12-26-27)13-16-14-22-20-6-5-17-15-19(28)7-10-24(17,2)21(20)8-11-25(22,3)23(16)29/h9,12-13,17,19-22,28H,4-8,10-11,14-15H2,1-3H3/b16-13-/t17-,19+,20+,21-,22-,24-,25-/m0/s1. The highest BCUT2D eigenvalue weighted by atomic mass is 16.3. The number of aliphatic hydroxyl groups is 1. The van der Waals surface area contributed by atoms with Gasteiger partial charge in [0, 0.05) is 18.2 Å². The molecule has 158 valence electrons. The minimum Gasteiger partial charge on any atom is -0.393 e. The van der Waals surface area contributed by atoms with Gasteiger partial charge in [-0.15, -0.1) is 0 Å². The van der Waals surface area contributed by atoms with Crippen molar-refractivity contribution in [3.05, 3.63) is 23.5 Å². The number of hydrogen-bond donors (Lipinski definition) is 1. The van der Waals surface area contributed by atoms with Gasteiger partial charge < -0.3 is 5.11 Å². The SMILES string of the molecule is CCn1nccc1/C=C1/C[C@H]2[C@@H]3CC[C@H]4C[C@H](O)CC[C@]4(C)[C@H]3CC[C@]2(C)C1=O. The zero-order valence-electron chi connectivity index (χ0n) is 18.2. The number of Topliss-reactive ketones (excluding diaryl/α,β-unsaturated/α-hetero) is 1. The Morgan fingerprint density at radius 3 is 2.83 bits per heavy atom. The molecule has 4 aliphatic rings. The van der Waals surface area contributed by atoms with E-state index in [9.17, 15) is 9.90 Å². The molecule has 0 aromatic carbocycles. The third-order valence-corrected chi connectivity index (χ3v) is 9.65. The summed E-state index contributed by atoms with van der Waals surface area (Å²) in [5.74, 6) is 2.94. The van der Waals surface area contributed by atoms with Crippen molar-refractivity contribution in [2.24, 2.45) is 34.5 Å². The number of aliphatic hydroxyl groups excluding tert-OH is 1. The van der Waals surface area contributed by atoms with Crippen LogP contribution in [0, 0.1) is 34.5 Å². The molecule has 0 unspecified atom stereocenters. The summed E-state index contributed by atoms with van der Waals surface area (Å²) in [6.45, 7) is 7.69. The van der Waals surface area contributed by atoms with Crippen molar-refractivity contribution >= 4 is 11.9 Å². The molecule has 1 aromatic rings. The number of carbonyl (C=O) groups is 1. The Hall–Kier alpha value is -1.42. The van der Waals surface area contributed by atoms with Gasteiger partial charge in [-0.1, -0.05) is 13.8 Å². The summed E-state index contributed by atoms with van der Waals surface area (Å²) in [5.41, 5.74) is 2.27. The summed E-state index contributed by atoms with van der Waals surface area (Å²) >= 11 is 0. The van der Waals surface area contributed by atoms with E-state index in [0.717, 1.165) is 55.8 Å². The molecule has 1 heterocycles. The fraction of sp³-hybridized carbons (Fsp3) is 0.760. The summed E-state index contributed by atoms with van der Waals surface area (Å²) < 4.78 is 1.98. The molecular weight excluding hydrogens is 360 g/mol. The molecule has 0 radical (unpaired) electrons. The van der Waals surface area contributed by atoms with E-state index >= 15 is 0 Å². The quantitative estimate of drug-likeness (QED) is 0.726. The molecule has 4 aliphatic carbocycles. The van der Waals surface area contributed by atoms with Crippen molar-refractivity contribution in [3.63, 3.8) is 0 Å². The first-order chi connectivity index (χ1) is 13.9.